The van der Waals surface area contributed by atoms with Crippen molar-refractivity contribution >= 4 is 28.7 Å². The molecule has 6 nitrogen and oxygen atoms in total. The summed E-state index contributed by atoms with van der Waals surface area (Å²) in [6, 6.07) is 5.62. The Morgan fingerprint density at radius 2 is 1.92 bits per heavy atom. The zero-order chi connectivity index (χ0) is 18.7. The predicted octanol–water partition coefficient (Wildman–Crippen LogP) is 2.73. The van der Waals surface area contributed by atoms with Crippen molar-refractivity contribution in [3.8, 4) is 5.69 Å². The maximum atomic E-state index is 13.1. The van der Waals surface area contributed by atoms with E-state index in [1.54, 1.807) is 5.32 Å². The molecule has 0 unspecified atom stereocenters. The van der Waals surface area contributed by atoms with E-state index in [0.29, 0.717) is 21.7 Å². The Bertz CT molecular complexity index is 926. The molecule has 2 aromatic heterocycles. The molecule has 0 saturated carbocycles. The molecule has 2 heterocycles. The number of carbonyl (C=O) groups is 1. The Morgan fingerprint density at radius 3 is 2.62 bits per heavy atom. The van der Waals surface area contributed by atoms with Crippen LogP contribution in [0, 0.1) is 5.82 Å². The van der Waals surface area contributed by atoms with Gasteiger partial charge in [0.25, 0.3) is 0 Å². The second-order valence-electron chi connectivity index (χ2n) is 5.13. The number of fused-ring (bicyclic) bond motifs is 1. The molecule has 0 bridgehead atoms. The van der Waals surface area contributed by atoms with E-state index in [1.807, 2.05) is 0 Å². The highest BCUT2D eigenvalue weighted by atomic mass is 32.2. The molecule has 0 saturated heterocycles. The summed E-state index contributed by atoms with van der Waals surface area (Å²) in [5.74, 6) is -1.38. The van der Waals surface area contributed by atoms with Gasteiger partial charge in [-0.15, -0.1) is 0 Å². The molecule has 0 fully saturated rings. The number of amides is 1. The fraction of sp³-hybridized carbons (Fsp3) is 0.200. The van der Waals surface area contributed by atoms with Gasteiger partial charge in [-0.2, -0.15) is 18.3 Å². The van der Waals surface area contributed by atoms with E-state index in [1.165, 1.54) is 41.5 Å². The number of benzene rings is 1. The molecule has 3 rings (SSSR count). The number of thioether (sulfide) groups is 1. The third kappa shape index (κ3) is 4.28. The quantitative estimate of drug-likeness (QED) is 0.415. The number of aromatic nitrogens is 4. The predicted molar refractivity (Wildman–Crippen MR) is 86.4 cm³/mol. The summed E-state index contributed by atoms with van der Waals surface area (Å²) < 4.78 is 50.8. The van der Waals surface area contributed by atoms with Gasteiger partial charge in [0.15, 0.2) is 5.65 Å². The zero-order valence-corrected chi connectivity index (χ0v) is 13.8. The Hall–Kier alpha value is -2.69. The van der Waals surface area contributed by atoms with Gasteiger partial charge >= 0.3 is 6.18 Å². The number of hydrogen-bond donors (Lipinski definition) is 1. The average molecular weight is 385 g/mol. The van der Waals surface area contributed by atoms with Gasteiger partial charge in [0.1, 0.15) is 23.7 Å². The second-order valence-corrected chi connectivity index (χ2v) is 6.09. The van der Waals surface area contributed by atoms with Crippen LogP contribution < -0.4 is 5.32 Å². The molecule has 0 spiro atoms. The lowest BCUT2D eigenvalue weighted by Gasteiger charge is -2.08. The van der Waals surface area contributed by atoms with Gasteiger partial charge in [-0.05, 0) is 24.3 Å². The van der Waals surface area contributed by atoms with Crippen LogP contribution in [0.25, 0.3) is 16.7 Å². The summed E-state index contributed by atoms with van der Waals surface area (Å²) >= 11 is 0.976. The summed E-state index contributed by atoms with van der Waals surface area (Å²) in [4.78, 5) is 19.7. The molecule has 0 radical (unpaired) electrons. The SMILES string of the molecule is O=C(CSc1ncnc2c1cnn2-c1ccc(F)cc1)NCC(F)(F)F. The first-order chi connectivity index (χ1) is 12.3. The minimum absolute atomic E-state index is 0.232. The van der Waals surface area contributed by atoms with Crippen molar-refractivity contribution in [2.45, 2.75) is 11.2 Å². The molecule has 0 aliphatic rings. The van der Waals surface area contributed by atoms with E-state index in [2.05, 4.69) is 15.1 Å². The topological polar surface area (TPSA) is 72.7 Å². The Morgan fingerprint density at radius 1 is 1.19 bits per heavy atom. The third-order valence-electron chi connectivity index (χ3n) is 3.23. The number of alkyl halides is 3. The van der Waals surface area contributed by atoms with Crippen molar-refractivity contribution in [3.63, 3.8) is 0 Å². The van der Waals surface area contributed by atoms with Gasteiger partial charge < -0.3 is 5.32 Å². The highest BCUT2D eigenvalue weighted by Crippen LogP contribution is 2.25. The standard InChI is InChI=1S/C15H11F4N5OS/c16-9-1-3-10(4-2-9)24-13-11(5-23-24)14(22-8-21-13)26-6-12(25)20-7-15(17,18)19/h1-5,8H,6-7H2,(H,20,25). The van der Waals surface area contributed by atoms with E-state index >= 15 is 0 Å². The molecule has 0 aliphatic heterocycles. The number of rotatable bonds is 5. The van der Waals surface area contributed by atoms with Crippen molar-refractivity contribution in [3.05, 3.63) is 42.6 Å². The zero-order valence-electron chi connectivity index (χ0n) is 13.0. The number of nitrogens with zero attached hydrogens (tertiary/aromatic N) is 4. The number of nitrogens with one attached hydrogen (secondary N) is 1. The largest absolute Gasteiger partial charge is 0.405 e. The second kappa shape index (κ2) is 7.28. The monoisotopic (exact) mass is 385 g/mol. The van der Waals surface area contributed by atoms with Gasteiger partial charge in [-0.1, -0.05) is 11.8 Å². The molecule has 136 valence electrons. The third-order valence-corrected chi connectivity index (χ3v) is 4.23. The molecule has 1 aromatic carbocycles. The molecule has 1 amide bonds. The Labute approximate surface area is 148 Å². The fourth-order valence-electron chi connectivity index (χ4n) is 2.09. The molecular formula is C15H11F4N5OS. The number of halogens is 4. The van der Waals surface area contributed by atoms with Crippen LogP contribution in [0.2, 0.25) is 0 Å². The van der Waals surface area contributed by atoms with E-state index in [4.69, 9.17) is 0 Å². The lowest BCUT2D eigenvalue weighted by molar-refractivity contribution is -0.136. The Balaban J connectivity index is 1.76. The van der Waals surface area contributed by atoms with Crippen LogP contribution in [0.5, 0.6) is 0 Å². The van der Waals surface area contributed by atoms with Crippen molar-refractivity contribution < 1.29 is 22.4 Å². The summed E-state index contributed by atoms with van der Waals surface area (Å²) in [5, 5.41) is 6.91. The maximum Gasteiger partial charge on any atom is 0.405 e. The van der Waals surface area contributed by atoms with Crippen LogP contribution in [0.15, 0.2) is 41.8 Å². The van der Waals surface area contributed by atoms with Gasteiger partial charge in [0, 0.05) is 0 Å². The molecule has 0 aliphatic carbocycles. The summed E-state index contributed by atoms with van der Waals surface area (Å²) in [5.41, 5.74) is 1.02. The fourth-order valence-corrected chi connectivity index (χ4v) is 2.88. The van der Waals surface area contributed by atoms with Crippen molar-refractivity contribution in [1.82, 2.24) is 25.1 Å². The summed E-state index contributed by atoms with van der Waals surface area (Å²) in [6.45, 7) is -1.38. The van der Waals surface area contributed by atoms with E-state index < -0.39 is 18.6 Å². The normalized spacial score (nSPS) is 11.7. The molecule has 11 heteroatoms. The van der Waals surface area contributed by atoms with Crippen LogP contribution in [-0.4, -0.2) is 44.1 Å². The van der Waals surface area contributed by atoms with E-state index in [9.17, 15) is 22.4 Å². The van der Waals surface area contributed by atoms with Gasteiger partial charge in [0.2, 0.25) is 5.91 Å². The lowest BCUT2D eigenvalue weighted by Crippen LogP contribution is -2.34. The first-order valence-corrected chi connectivity index (χ1v) is 8.23. The van der Waals surface area contributed by atoms with Crippen LogP contribution in [0.3, 0.4) is 0 Å². The first-order valence-electron chi connectivity index (χ1n) is 7.24. The van der Waals surface area contributed by atoms with Crippen LogP contribution in [0.1, 0.15) is 0 Å². The van der Waals surface area contributed by atoms with Crippen LogP contribution in [-0.2, 0) is 4.79 Å². The van der Waals surface area contributed by atoms with Crippen LogP contribution in [0.4, 0.5) is 17.6 Å². The van der Waals surface area contributed by atoms with Crippen LogP contribution >= 0.6 is 11.8 Å². The van der Waals surface area contributed by atoms with Gasteiger partial charge in [-0.25, -0.2) is 19.0 Å². The summed E-state index contributed by atoms with van der Waals surface area (Å²) in [7, 11) is 0. The highest BCUT2D eigenvalue weighted by Gasteiger charge is 2.27. The molecule has 0 atom stereocenters. The minimum Gasteiger partial charge on any atom is -0.346 e. The highest BCUT2D eigenvalue weighted by molar-refractivity contribution is 8.00. The van der Waals surface area contributed by atoms with Gasteiger partial charge in [-0.3, -0.25) is 4.79 Å². The first kappa shape index (κ1) is 18.1. The van der Waals surface area contributed by atoms with E-state index in [-0.39, 0.29) is 11.6 Å². The van der Waals surface area contributed by atoms with Crippen molar-refractivity contribution in [2.75, 3.05) is 12.3 Å². The molecular weight excluding hydrogens is 374 g/mol. The average Bonchev–Trinajstić information content (AvgIpc) is 3.03. The molecule has 26 heavy (non-hydrogen) atoms. The number of carbonyl (C=O) groups excluding carboxylic acids is 1. The minimum atomic E-state index is -4.46. The van der Waals surface area contributed by atoms with Crippen molar-refractivity contribution in [1.29, 1.82) is 0 Å². The number of hydrogen-bond acceptors (Lipinski definition) is 5. The lowest BCUT2D eigenvalue weighted by atomic mass is 10.3. The summed E-state index contributed by atoms with van der Waals surface area (Å²) in [6.07, 6.45) is -1.71. The molecule has 1 N–H and O–H groups in total. The smallest absolute Gasteiger partial charge is 0.346 e. The van der Waals surface area contributed by atoms with E-state index in [0.717, 1.165) is 11.8 Å². The van der Waals surface area contributed by atoms with Gasteiger partial charge in [0.05, 0.1) is 23.0 Å². The molecule has 3 aromatic rings. The Kier molecular flexibility index (Phi) is 5.07. The maximum absolute atomic E-state index is 13.1. The van der Waals surface area contributed by atoms with Crippen molar-refractivity contribution in [2.24, 2.45) is 0 Å².